The van der Waals surface area contributed by atoms with Crippen LogP contribution in [0.1, 0.15) is 66.9 Å². The van der Waals surface area contributed by atoms with Crippen LogP contribution in [0.3, 0.4) is 0 Å². The highest BCUT2D eigenvalue weighted by atomic mass is 32.2. The molecule has 0 radical (unpaired) electrons. The predicted molar refractivity (Wildman–Crippen MR) is 176 cm³/mol. The number of nitrogens with zero attached hydrogens (tertiary/aromatic N) is 4. The number of aliphatic hydroxyl groups is 1. The van der Waals surface area contributed by atoms with Gasteiger partial charge in [0.1, 0.15) is 12.2 Å². The van der Waals surface area contributed by atoms with Gasteiger partial charge in [0.15, 0.2) is 0 Å². The molecule has 0 fully saturated rings. The van der Waals surface area contributed by atoms with E-state index in [0.717, 1.165) is 30.5 Å². The molecule has 0 saturated heterocycles. The lowest BCUT2D eigenvalue weighted by atomic mass is 9.84. The number of alkyl halides is 3. The molecule has 5 rings (SSSR count). The van der Waals surface area contributed by atoms with Gasteiger partial charge in [-0.3, -0.25) is 14.5 Å². The van der Waals surface area contributed by atoms with Crippen molar-refractivity contribution in [3.63, 3.8) is 0 Å². The molecule has 2 aromatic carbocycles. The lowest BCUT2D eigenvalue weighted by Crippen LogP contribution is -2.48. The normalized spacial score (nSPS) is 16.0. The number of hydrogen-bond donors (Lipinski definition) is 2. The highest BCUT2D eigenvalue weighted by molar-refractivity contribution is 8.00. The van der Waals surface area contributed by atoms with Crippen LogP contribution in [0.5, 0.6) is 5.88 Å². The maximum absolute atomic E-state index is 14.3. The molecule has 1 atom stereocenters. The molecule has 47 heavy (non-hydrogen) atoms. The van der Waals surface area contributed by atoms with E-state index in [2.05, 4.69) is 14.7 Å². The maximum Gasteiger partial charge on any atom is 0.394 e. The number of nitrogens with one attached hydrogen (secondary N) is 1. The summed E-state index contributed by atoms with van der Waals surface area (Å²) in [6, 6.07) is 16.8. The van der Waals surface area contributed by atoms with Crippen LogP contribution in [0.25, 0.3) is 11.3 Å². The lowest BCUT2D eigenvalue weighted by molar-refractivity contribution is -0.217. The first-order valence-corrected chi connectivity index (χ1v) is 16.0. The van der Waals surface area contributed by atoms with Gasteiger partial charge in [0.25, 0.3) is 5.91 Å². The number of amides is 1. The molecule has 248 valence electrons. The van der Waals surface area contributed by atoms with Crippen LogP contribution in [0.15, 0.2) is 71.8 Å². The Hall–Kier alpha value is -4.16. The van der Waals surface area contributed by atoms with Crippen molar-refractivity contribution in [3.8, 4) is 17.1 Å². The van der Waals surface area contributed by atoms with E-state index < -0.39 is 35.6 Å². The second kappa shape index (κ2) is 13.2. The molecule has 0 aliphatic carbocycles. The molecule has 3 heterocycles. The first kappa shape index (κ1) is 34.2. The number of hydrogen-bond acceptors (Lipinski definition) is 8. The zero-order valence-corrected chi connectivity index (χ0v) is 28.0. The number of carbonyl (C=O) groups excluding carboxylic acids is 1. The van der Waals surface area contributed by atoms with Crippen molar-refractivity contribution in [1.82, 2.24) is 19.9 Å². The first-order chi connectivity index (χ1) is 22.0. The molecular formula is C35H38F3N5O3S. The maximum atomic E-state index is 14.3. The van der Waals surface area contributed by atoms with Crippen molar-refractivity contribution in [3.05, 3.63) is 94.8 Å². The van der Waals surface area contributed by atoms with Gasteiger partial charge in [-0.05, 0) is 87.0 Å². The number of aryl methyl sites for hydroxylation is 2. The molecule has 4 aromatic rings. The van der Waals surface area contributed by atoms with E-state index >= 15 is 0 Å². The van der Waals surface area contributed by atoms with Gasteiger partial charge in [-0.15, -0.1) is 0 Å². The molecule has 4 bridgehead atoms. The Morgan fingerprint density at radius 1 is 1.00 bits per heavy atom. The first-order valence-electron chi connectivity index (χ1n) is 15.2. The average molecular weight is 666 g/mol. The smallest absolute Gasteiger partial charge is 0.394 e. The summed E-state index contributed by atoms with van der Waals surface area (Å²) in [5, 5.41) is 10.4. The Morgan fingerprint density at radius 3 is 2.34 bits per heavy atom. The van der Waals surface area contributed by atoms with Crippen molar-refractivity contribution in [2.75, 3.05) is 11.3 Å². The quantitative estimate of drug-likeness (QED) is 0.201. The number of fused-ring (bicyclic) bond motifs is 4. The van der Waals surface area contributed by atoms with Crippen LogP contribution >= 0.6 is 11.9 Å². The minimum Gasteiger partial charge on any atom is -0.475 e. The molecule has 2 N–H and O–H groups in total. The van der Waals surface area contributed by atoms with Gasteiger partial charge in [-0.25, -0.2) is 4.98 Å². The van der Waals surface area contributed by atoms with Crippen LogP contribution in [0.2, 0.25) is 0 Å². The number of benzene rings is 2. The van der Waals surface area contributed by atoms with E-state index in [1.54, 1.807) is 50.2 Å². The lowest BCUT2D eigenvalue weighted by Gasteiger charge is -2.38. The summed E-state index contributed by atoms with van der Waals surface area (Å²) < 4.78 is 52.4. The van der Waals surface area contributed by atoms with E-state index in [9.17, 15) is 23.1 Å². The fourth-order valence-electron chi connectivity index (χ4n) is 5.44. The topological polar surface area (TPSA) is 100 Å². The summed E-state index contributed by atoms with van der Waals surface area (Å²) in [7, 11) is 0. The number of halogens is 3. The average Bonchev–Trinajstić information content (AvgIpc) is 3.00. The Morgan fingerprint density at radius 2 is 1.70 bits per heavy atom. The van der Waals surface area contributed by atoms with Crippen LogP contribution in [0.4, 0.5) is 19.1 Å². The Kier molecular flexibility index (Phi) is 9.57. The van der Waals surface area contributed by atoms with Crippen LogP contribution in [-0.4, -0.2) is 49.7 Å². The van der Waals surface area contributed by atoms with E-state index in [1.165, 1.54) is 23.0 Å². The third kappa shape index (κ3) is 7.87. The fourth-order valence-corrected chi connectivity index (χ4v) is 6.08. The fraction of sp³-hybridized carbons (Fsp3) is 0.371. The monoisotopic (exact) mass is 665 g/mol. The molecule has 12 heteroatoms. The van der Waals surface area contributed by atoms with Gasteiger partial charge in [-0.2, -0.15) is 18.2 Å². The van der Waals surface area contributed by atoms with E-state index in [0.29, 0.717) is 27.4 Å². The van der Waals surface area contributed by atoms with E-state index in [-0.39, 0.29) is 25.0 Å². The summed E-state index contributed by atoms with van der Waals surface area (Å²) in [6.07, 6.45) is -3.46. The molecular weight excluding hydrogens is 627 g/mol. The van der Waals surface area contributed by atoms with Gasteiger partial charge in [0, 0.05) is 34.8 Å². The number of pyridine rings is 1. The van der Waals surface area contributed by atoms with Gasteiger partial charge >= 0.3 is 6.18 Å². The van der Waals surface area contributed by atoms with Gasteiger partial charge in [-0.1, -0.05) is 44.2 Å². The minimum absolute atomic E-state index is 0.0434. The van der Waals surface area contributed by atoms with Gasteiger partial charge in [0.05, 0.1) is 22.8 Å². The van der Waals surface area contributed by atoms with Crippen molar-refractivity contribution in [1.29, 1.82) is 0 Å². The minimum atomic E-state index is -4.54. The third-order valence-corrected chi connectivity index (χ3v) is 9.00. The van der Waals surface area contributed by atoms with Gasteiger partial charge < -0.3 is 14.7 Å². The number of rotatable bonds is 6. The van der Waals surface area contributed by atoms with Crippen molar-refractivity contribution < 1.29 is 27.8 Å². The molecule has 0 spiro atoms. The molecule has 1 amide bonds. The summed E-state index contributed by atoms with van der Waals surface area (Å²) in [4.78, 5) is 30.0. The van der Waals surface area contributed by atoms with Crippen LogP contribution in [0, 0.1) is 19.3 Å². The second-order valence-corrected chi connectivity index (χ2v) is 13.9. The second-order valence-electron chi connectivity index (χ2n) is 13.0. The molecule has 2 aromatic heterocycles. The zero-order chi connectivity index (χ0) is 34.1. The van der Waals surface area contributed by atoms with Crippen molar-refractivity contribution in [2.24, 2.45) is 5.41 Å². The number of anilines is 1. The SMILES string of the molecule is Cc1cccc(C)c1-c1cc2nc(n1)NSc1cccc(c1)C(=O)N(Cc1ccc(C(C)(C)O)nc1)[C@H](CC(C)(C)C(F)(F)F)CO2. The van der Waals surface area contributed by atoms with Crippen molar-refractivity contribution >= 4 is 23.8 Å². The number of aromatic nitrogens is 3. The molecule has 0 saturated carbocycles. The number of ether oxygens (including phenoxy) is 1. The largest absolute Gasteiger partial charge is 0.475 e. The molecule has 8 nitrogen and oxygen atoms in total. The summed E-state index contributed by atoms with van der Waals surface area (Å²) >= 11 is 1.21. The molecule has 1 aliphatic rings. The third-order valence-electron chi connectivity index (χ3n) is 8.22. The highest BCUT2D eigenvalue weighted by Gasteiger charge is 2.49. The Balaban J connectivity index is 1.62. The Labute approximate surface area is 276 Å². The van der Waals surface area contributed by atoms with E-state index in [4.69, 9.17) is 9.72 Å². The van der Waals surface area contributed by atoms with E-state index in [1.807, 2.05) is 38.1 Å². The summed E-state index contributed by atoms with van der Waals surface area (Å²) in [5.74, 6) is -0.0490. The zero-order valence-electron chi connectivity index (χ0n) is 27.1. The summed E-state index contributed by atoms with van der Waals surface area (Å²) in [5.41, 5.74) is 1.43. The Bertz CT molecular complexity index is 1740. The standard InChI is InChI=1S/C35H38F3N5O3S/c1-21-9-7-10-22(2)30(21)27-16-29-41-32(40-27)42-47-26-12-8-11-24(15-26)31(44)43(19-23-13-14-28(39-18-23)34(5,6)45)25(20-46-29)17-33(3,4)35(36,37)38/h7-16,18,25,45H,17,19-20H2,1-6H3,(H,40,41,42)/t25-/m1/s1. The highest BCUT2D eigenvalue weighted by Crippen LogP contribution is 2.42. The summed E-state index contributed by atoms with van der Waals surface area (Å²) in [6.45, 7) is 9.10. The number of carbonyl (C=O) groups is 1. The predicted octanol–water partition coefficient (Wildman–Crippen LogP) is 7.88. The van der Waals surface area contributed by atoms with Crippen molar-refractivity contribution in [2.45, 2.75) is 77.2 Å². The van der Waals surface area contributed by atoms with Gasteiger partial charge in [0.2, 0.25) is 11.8 Å². The molecule has 1 aliphatic heterocycles. The van der Waals surface area contributed by atoms with Crippen LogP contribution in [-0.2, 0) is 12.1 Å². The van der Waals surface area contributed by atoms with Crippen LogP contribution < -0.4 is 9.46 Å². The molecule has 0 unspecified atom stereocenters.